The monoisotopic (exact) mass is 270 g/mol. The molecule has 0 spiro atoms. The van der Waals surface area contributed by atoms with E-state index in [-0.39, 0.29) is 11.4 Å². The number of nitrogens with one attached hydrogen (secondary N) is 1. The van der Waals surface area contributed by atoms with Crippen LogP contribution in [0.2, 0.25) is 0 Å². The summed E-state index contributed by atoms with van der Waals surface area (Å²) < 4.78 is 13.0. The number of hydrogen-bond acceptors (Lipinski definition) is 4. The van der Waals surface area contributed by atoms with Crippen LogP contribution in [0.5, 0.6) is 0 Å². The number of anilines is 1. The summed E-state index contributed by atoms with van der Waals surface area (Å²) in [5.41, 5.74) is -0.0966. The first-order valence-electron chi connectivity index (χ1n) is 5.82. The summed E-state index contributed by atoms with van der Waals surface area (Å²) in [6.07, 6.45) is 0.979. The fraction of sp³-hybridized carbons (Fsp3) is 0.417. The number of carbonyl (C=O) groups is 1. The zero-order valence-electron chi connectivity index (χ0n) is 10.4. The third-order valence-electron chi connectivity index (χ3n) is 2.71. The summed E-state index contributed by atoms with van der Waals surface area (Å²) in [5, 5.41) is 22.2. The minimum Gasteiger partial charge on any atom is -0.481 e. The van der Waals surface area contributed by atoms with Gasteiger partial charge in [0.2, 0.25) is 0 Å². The van der Waals surface area contributed by atoms with Gasteiger partial charge in [-0.15, -0.1) is 0 Å². The van der Waals surface area contributed by atoms with Crippen LogP contribution in [0.15, 0.2) is 18.2 Å². The van der Waals surface area contributed by atoms with Crippen LogP contribution in [0.1, 0.15) is 19.8 Å². The average Bonchev–Trinajstić information content (AvgIpc) is 2.33. The van der Waals surface area contributed by atoms with Crippen LogP contribution in [0.3, 0.4) is 0 Å². The predicted octanol–water partition coefficient (Wildman–Crippen LogP) is 2.65. The van der Waals surface area contributed by atoms with Gasteiger partial charge < -0.3 is 10.4 Å². The number of hydrogen-bond donors (Lipinski definition) is 2. The minimum absolute atomic E-state index is 0.105. The Kier molecular flexibility index (Phi) is 5.23. The fourth-order valence-corrected chi connectivity index (χ4v) is 1.56. The van der Waals surface area contributed by atoms with Gasteiger partial charge >= 0.3 is 5.97 Å². The maximum absolute atomic E-state index is 13.0. The van der Waals surface area contributed by atoms with Crippen molar-refractivity contribution in [2.75, 3.05) is 11.9 Å². The molecule has 1 atom stereocenters. The maximum atomic E-state index is 13.0. The van der Waals surface area contributed by atoms with Gasteiger partial charge in [0, 0.05) is 18.7 Å². The molecule has 1 aromatic rings. The third kappa shape index (κ3) is 4.53. The number of carboxylic acid groups (broad SMARTS) is 1. The van der Waals surface area contributed by atoms with Crippen LogP contribution in [0.4, 0.5) is 15.8 Å². The Hall–Kier alpha value is -2.18. The Labute approximate surface area is 109 Å². The molecule has 7 heteroatoms. The van der Waals surface area contributed by atoms with E-state index in [4.69, 9.17) is 5.11 Å². The third-order valence-corrected chi connectivity index (χ3v) is 2.71. The van der Waals surface area contributed by atoms with E-state index in [1.165, 1.54) is 0 Å². The summed E-state index contributed by atoms with van der Waals surface area (Å²) in [5.74, 6) is -1.91. The Bertz CT molecular complexity index is 479. The van der Waals surface area contributed by atoms with Gasteiger partial charge in [-0.25, -0.2) is 4.39 Å². The second kappa shape index (κ2) is 6.67. The van der Waals surface area contributed by atoms with E-state index in [0.717, 1.165) is 18.2 Å². The molecule has 0 aliphatic heterocycles. The van der Waals surface area contributed by atoms with Gasteiger partial charge in [0.15, 0.2) is 0 Å². The highest BCUT2D eigenvalue weighted by Gasteiger charge is 2.14. The molecule has 1 unspecified atom stereocenters. The van der Waals surface area contributed by atoms with E-state index in [1.54, 1.807) is 6.92 Å². The number of aliphatic carboxylic acids is 1. The zero-order chi connectivity index (χ0) is 14.4. The van der Waals surface area contributed by atoms with Crippen molar-refractivity contribution in [2.24, 2.45) is 5.92 Å². The van der Waals surface area contributed by atoms with Crippen molar-refractivity contribution in [3.05, 3.63) is 34.1 Å². The van der Waals surface area contributed by atoms with E-state index in [0.29, 0.717) is 19.4 Å². The standard InChI is InChI=1S/C12H15FN2O4/c1-8(12(16)17)3-2-6-14-10-7-9(13)4-5-11(10)15(18)19/h4-5,7-8,14H,2-3,6H2,1H3,(H,16,17). The predicted molar refractivity (Wildman–Crippen MR) is 67.6 cm³/mol. The second-order valence-corrected chi connectivity index (χ2v) is 4.23. The molecule has 0 amide bonds. The van der Waals surface area contributed by atoms with E-state index in [9.17, 15) is 19.3 Å². The van der Waals surface area contributed by atoms with E-state index in [2.05, 4.69) is 5.32 Å². The van der Waals surface area contributed by atoms with Crippen LogP contribution in [-0.2, 0) is 4.79 Å². The first-order chi connectivity index (χ1) is 8.91. The summed E-state index contributed by atoms with van der Waals surface area (Å²) in [7, 11) is 0. The lowest BCUT2D eigenvalue weighted by molar-refractivity contribution is -0.384. The normalized spacial score (nSPS) is 11.9. The van der Waals surface area contributed by atoms with Crippen LogP contribution < -0.4 is 5.32 Å². The van der Waals surface area contributed by atoms with Gasteiger partial charge in [-0.05, 0) is 18.9 Å². The number of benzene rings is 1. The largest absolute Gasteiger partial charge is 0.481 e. The van der Waals surface area contributed by atoms with Crippen molar-refractivity contribution >= 4 is 17.3 Å². The van der Waals surface area contributed by atoms with Crippen molar-refractivity contribution in [1.82, 2.24) is 0 Å². The Morgan fingerprint density at radius 3 is 2.84 bits per heavy atom. The zero-order valence-corrected chi connectivity index (χ0v) is 10.4. The molecular formula is C12H15FN2O4. The van der Waals surface area contributed by atoms with E-state index >= 15 is 0 Å². The van der Waals surface area contributed by atoms with Gasteiger partial charge in [-0.2, -0.15) is 0 Å². The minimum atomic E-state index is -0.878. The van der Waals surface area contributed by atoms with Gasteiger partial charge in [-0.3, -0.25) is 14.9 Å². The quantitative estimate of drug-likeness (QED) is 0.451. The van der Waals surface area contributed by atoms with Crippen molar-refractivity contribution in [3.63, 3.8) is 0 Å². The molecule has 19 heavy (non-hydrogen) atoms. The SMILES string of the molecule is CC(CCCNc1cc(F)ccc1[N+](=O)[O-])C(=O)O. The summed E-state index contributed by atoms with van der Waals surface area (Å²) in [6, 6.07) is 3.17. The Morgan fingerprint density at radius 1 is 1.58 bits per heavy atom. The molecule has 2 N–H and O–H groups in total. The molecule has 1 aromatic carbocycles. The Morgan fingerprint density at radius 2 is 2.26 bits per heavy atom. The number of rotatable bonds is 7. The van der Waals surface area contributed by atoms with Gasteiger partial charge in [-0.1, -0.05) is 6.92 Å². The molecule has 0 radical (unpaired) electrons. The molecule has 0 saturated carbocycles. The summed E-state index contributed by atoms with van der Waals surface area (Å²) >= 11 is 0. The van der Waals surface area contributed by atoms with Crippen molar-refractivity contribution < 1.29 is 19.2 Å². The van der Waals surface area contributed by atoms with E-state index < -0.39 is 22.6 Å². The number of nitro benzene ring substituents is 1. The van der Waals surface area contributed by atoms with Crippen LogP contribution in [-0.4, -0.2) is 22.5 Å². The highest BCUT2D eigenvalue weighted by Crippen LogP contribution is 2.24. The first kappa shape index (κ1) is 14.9. The van der Waals surface area contributed by atoms with Gasteiger partial charge in [0.1, 0.15) is 11.5 Å². The van der Waals surface area contributed by atoms with Crippen molar-refractivity contribution in [2.45, 2.75) is 19.8 Å². The fourth-order valence-electron chi connectivity index (χ4n) is 1.56. The lowest BCUT2D eigenvalue weighted by Gasteiger charge is -2.08. The number of nitro groups is 1. The van der Waals surface area contributed by atoms with Crippen LogP contribution in [0.25, 0.3) is 0 Å². The highest BCUT2D eigenvalue weighted by atomic mass is 19.1. The van der Waals surface area contributed by atoms with Crippen LogP contribution >= 0.6 is 0 Å². The molecule has 0 aromatic heterocycles. The first-order valence-corrected chi connectivity index (χ1v) is 5.82. The highest BCUT2D eigenvalue weighted by molar-refractivity contribution is 5.69. The maximum Gasteiger partial charge on any atom is 0.306 e. The van der Waals surface area contributed by atoms with Crippen LogP contribution in [0, 0.1) is 21.8 Å². The van der Waals surface area contributed by atoms with Gasteiger partial charge in [0.25, 0.3) is 5.69 Å². The van der Waals surface area contributed by atoms with E-state index in [1.807, 2.05) is 0 Å². The second-order valence-electron chi connectivity index (χ2n) is 4.23. The number of carboxylic acids is 1. The Balaban J connectivity index is 2.55. The molecule has 0 saturated heterocycles. The summed E-state index contributed by atoms with van der Waals surface area (Å²) in [6.45, 7) is 1.94. The summed E-state index contributed by atoms with van der Waals surface area (Å²) in [4.78, 5) is 20.7. The smallest absolute Gasteiger partial charge is 0.306 e. The topological polar surface area (TPSA) is 92.5 Å². The molecule has 1 rings (SSSR count). The molecule has 0 heterocycles. The molecule has 0 aliphatic rings. The van der Waals surface area contributed by atoms with Crippen molar-refractivity contribution in [1.29, 1.82) is 0 Å². The average molecular weight is 270 g/mol. The number of nitrogens with zero attached hydrogens (tertiary/aromatic N) is 1. The molecule has 0 aliphatic carbocycles. The van der Waals surface area contributed by atoms with Crippen molar-refractivity contribution in [3.8, 4) is 0 Å². The molecule has 0 fully saturated rings. The molecule has 104 valence electrons. The number of halogens is 1. The molecule has 0 bridgehead atoms. The lowest BCUT2D eigenvalue weighted by atomic mass is 10.1. The lowest BCUT2D eigenvalue weighted by Crippen LogP contribution is -2.12. The van der Waals surface area contributed by atoms with Gasteiger partial charge in [0.05, 0.1) is 10.8 Å². The molecule has 6 nitrogen and oxygen atoms in total. The molecular weight excluding hydrogens is 255 g/mol.